The average Bonchev–Trinajstić information content (AvgIpc) is 2.39. The topological polar surface area (TPSA) is 26.0 Å². The maximum atomic E-state index is 6.00. The van der Waals surface area contributed by atoms with Crippen LogP contribution in [0.2, 0.25) is 0 Å². The summed E-state index contributed by atoms with van der Waals surface area (Å²) in [7, 11) is 0. The van der Waals surface area contributed by atoms with Crippen molar-refractivity contribution >= 4 is 5.57 Å². The standard InChI is InChI=1S/C16H15N/c17-14-10-13-8-4-5-9-15(13)16(11-14)12-6-2-1-3-7-12/h1-11,13,15H,17H2. The molecular weight excluding hydrogens is 206 g/mol. The third-order valence-electron chi connectivity index (χ3n) is 3.35. The lowest BCUT2D eigenvalue weighted by molar-refractivity contribution is 0.671. The van der Waals surface area contributed by atoms with E-state index in [1.54, 1.807) is 0 Å². The monoisotopic (exact) mass is 221 g/mol. The van der Waals surface area contributed by atoms with Gasteiger partial charge in [0.15, 0.2) is 0 Å². The molecule has 1 nitrogen and oxygen atoms in total. The van der Waals surface area contributed by atoms with Crippen LogP contribution in [0.1, 0.15) is 5.56 Å². The van der Waals surface area contributed by atoms with Crippen molar-refractivity contribution in [3.63, 3.8) is 0 Å². The van der Waals surface area contributed by atoms with Crippen molar-refractivity contribution in [3.05, 3.63) is 78.0 Å². The molecule has 2 aliphatic rings. The fourth-order valence-corrected chi connectivity index (χ4v) is 2.55. The summed E-state index contributed by atoms with van der Waals surface area (Å²) in [6, 6.07) is 10.5. The predicted octanol–water partition coefficient (Wildman–Crippen LogP) is 3.28. The molecule has 1 heteroatoms. The number of allylic oxidation sites excluding steroid dienone is 7. The van der Waals surface area contributed by atoms with Crippen molar-refractivity contribution in [2.75, 3.05) is 0 Å². The summed E-state index contributed by atoms with van der Waals surface area (Å²) < 4.78 is 0. The second-order valence-corrected chi connectivity index (χ2v) is 4.51. The fraction of sp³-hybridized carbons (Fsp3) is 0.125. The first kappa shape index (κ1) is 10.2. The van der Waals surface area contributed by atoms with Gasteiger partial charge in [0.1, 0.15) is 0 Å². The summed E-state index contributed by atoms with van der Waals surface area (Å²) in [4.78, 5) is 0. The Balaban J connectivity index is 2.06. The Hall–Kier alpha value is -2.02. The van der Waals surface area contributed by atoms with E-state index in [9.17, 15) is 0 Å². The van der Waals surface area contributed by atoms with Crippen LogP contribution in [0.25, 0.3) is 5.57 Å². The van der Waals surface area contributed by atoms with Gasteiger partial charge in [-0.1, -0.05) is 60.7 Å². The Labute approximate surface area is 102 Å². The van der Waals surface area contributed by atoms with E-state index in [-0.39, 0.29) is 0 Å². The highest BCUT2D eigenvalue weighted by Gasteiger charge is 2.25. The zero-order valence-corrected chi connectivity index (χ0v) is 9.58. The molecule has 0 fully saturated rings. The van der Waals surface area contributed by atoms with Gasteiger partial charge in [0.25, 0.3) is 0 Å². The van der Waals surface area contributed by atoms with Crippen molar-refractivity contribution in [3.8, 4) is 0 Å². The number of rotatable bonds is 1. The maximum Gasteiger partial charge on any atom is 0.0282 e. The predicted molar refractivity (Wildman–Crippen MR) is 71.9 cm³/mol. The average molecular weight is 221 g/mol. The number of hydrogen-bond donors (Lipinski definition) is 1. The summed E-state index contributed by atoms with van der Waals surface area (Å²) >= 11 is 0. The first-order chi connectivity index (χ1) is 8.34. The van der Waals surface area contributed by atoms with E-state index in [0.29, 0.717) is 11.8 Å². The molecule has 3 rings (SSSR count). The lowest BCUT2D eigenvalue weighted by Crippen LogP contribution is -2.18. The summed E-state index contributed by atoms with van der Waals surface area (Å²) in [5, 5.41) is 0. The van der Waals surface area contributed by atoms with E-state index in [1.165, 1.54) is 11.1 Å². The van der Waals surface area contributed by atoms with Gasteiger partial charge in [0.05, 0.1) is 0 Å². The van der Waals surface area contributed by atoms with Crippen molar-refractivity contribution in [1.29, 1.82) is 0 Å². The summed E-state index contributed by atoms with van der Waals surface area (Å²) in [5.74, 6) is 0.829. The lowest BCUT2D eigenvalue weighted by atomic mass is 9.76. The minimum absolute atomic E-state index is 0.403. The summed E-state index contributed by atoms with van der Waals surface area (Å²) in [6.07, 6.45) is 12.9. The summed E-state index contributed by atoms with van der Waals surface area (Å²) in [5.41, 5.74) is 9.44. The van der Waals surface area contributed by atoms with Crippen LogP contribution in [0, 0.1) is 11.8 Å². The Bertz CT molecular complexity index is 532. The van der Waals surface area contributed by atoms with Crippen LogP contribution in [0.3, 0.4) is 0 Å². The highest BCUT2D eigenvalue weighted by atomic mass is 14.6. The SMILES string of the molecule is NC1=CC2C=CC=CC2C(c2ccccc2)=C1. The van der Waals surface area contributed by atoms with Gasteiger partial charge >= 0.3 is 0 Å². The van der Waals surface area contributed by atoms with E-state index >= 15 is 0 Å². The minimum Gasteiger partial charge on any atom is -0.399 e. The molecule has 0 amide bonds. The van der Waals surface area contributed by atoms with Crippen molar-refractivity contribution in [2.45, 2.75) is 0 Å². The lowest BCUT2D eigenvalue weighted by Gasteiger charge is -2.28. The van der Waals surface area contributed by atoms with E-state index in [2.05, 4.69) is 60.7 Å². The third-order valence-corrected chi connectivity index (χ3v) is 3.35. The van der Waals surface area contributed by atoms with E-state index in [0.717, 1.165) is 5.70 Å². The van der Waals surface area contributed by atoms with Gasteiger partial charge in [-0.2, -0.15) is 0 Å². The van der Waals surface area contributed by atoms with Gasteiger partial charge in [-0.05, 0) is 17.2 Å². The van der Waals surface area contributed by atoms with Gasteiger partial charge < -0.3 is 5.73 Å². The van der Waals surface area contributed by atoms with Gasteiger partial charge in [0, 0.05) is 17.5 Å². The number of benzene rings is 1. The van der Waals surface area contributed by atoms with E-state index in [4.69, 9.17) is 5.73 Å². The minimum atomic E-state index is 0.403. The highest BCUT2D eigenvalue weighted by Crippen LogP contribution is 2.37. The zero-order chi connectivity index (χ0) is 11.7. The molecule has 0 saturated carbocycles. The molecular formula is C16H15N. The number of hydrogen-bond acceptors (Lipinski definition) is 1. The molecule has 1 aromatic rings. The van der Waals surface area contributed by atoms with Gasteiger partial charge in [0.2, 0.25) is 0 Å². The van der Waals surface area contributed by atoms with Gasteiger partial charge in [-0.15, -0.1) is 0 Å². The molecule has 0 radical (unpaired) electrons. The van der Waals surface area contributed by atoms with Crippen LogP contribution >= 0.6 is 0 Å². The second kappa shape index (κ2) is 4.10. The molecule has 17 heavy (non-hydrogen) atoms. The zero-order valence-electron chi connectivity index (χ0n) is 9.58. The first-order valence-corrected chi connectivity index (χ1v) is 5.94. The van der Waals surface area contributed by atoms with Crippen molar-refractivity contribution in [2.24, 2.45) is 17.6 Å². The molecule has 0 bridgehead atoms. The molecule has 1 aromatic carbocycles. The molecule has 2 atom stereocenters. The van der Waals surface area contributed by atoms with Crippen LogP contribution in [0.5, 0.6) is 0 Å². The molecule has 2 unspecified atom stereocenters. The van der Waals surface area contributed by atoms with Crippen LogP contribution in [-0.2, 0) is 0 Å². The molecule has 2 aliphatic carbocycles. The highest BCUT2D eigenvalue weighted by molar-refractivity contribution is 5.73. The van der Waals surface area contributed by atoms with Crippen molar-refractivity contribution < 1.29 is 0 Å². The Kier molecular flexibility index (Phi) is 2.45. The van der Waals surface area contributed by atoms with Crippen LogP contribution < -0.4 is 5.73 Å². The Morgan fingerprint density at radius 3 is 2.53 bits per heavy atom. The number of nitrogens with two attached hydrogens (primary N) is 1. The molecule has 0 aromatic heterocycles. The largest absolute Gasteiger partial charge is 0.399 e. The van der Waals surface area contributed by atoms with Crippen LogP contribution in [0.15, 0.2) is 72.5 Å². The Morgan fingerprint density at radius 2 is 1.71 bits per heavy atom. The normalized spacial score (nSPS) is 26.1. The first-order valence-electron chi connectivity index (χ1n) is 5.94. The van der Waals surface area contributed by atoms with Gasteiger partial charge in [-0.25, -0.2) is 0 Å². The molecule has 0 heterocycles. The summed E-state index contributed by atoms with van der Waals surface area (Å²) in [6.45, 7) is 0. The molecule has 2 N–H and O–H groups in total. The molecule has 0 aliphatic heterocycles. The van der Waals surface area contributed by atoms with Crippen LogP contribution in [-0.4, -0.2) is 0 Å². The Morgan fingerprint density at radius 1 is 0.941 bits per heavy atom. The second-order valence-electron chi connectivity index (χ2n) is 4.51. The maximum absolute atomic E-state index is 6.00. The molecule has 0 saturated heterocycles. The van der Waals surface area contributed by atoms with E-state index < -0.39 is 0 Å². The fourth-order valence-electron chi connectivity index (χ4n) is 2.55. The smallest absolute Gasteiger partial charge is 0.0282 e. The van der Waals surface area contributed by atoms with E-state index in [1.807, 2.05) is 6.07 Å². The van der Waals surface area contributed by atoms with Crippen LogP contribution in [0.4, 0.5) is 0 Å². The molecule has 0 spiro atoms. The molecule has 84 valence electrons. The van der Waals surface area contributed by atoms with Crippen molar-refractivity contribution in [1.82, 2.24) is 0 Å². The van der Waals surface area contributed by atoms with Gasteiger partial charge in [-0.3, -0.25) is 0 Å². The number of fused-ring (bicyclic) bond motifs is 1. The third kappa shape index (κ3) is 1.84. The quantitative estimate of drug-likeness (QED) is 0.773.